The Bertz CT molecular complexity index is 725. The smallest absolute Gasteiger partial charge is 0.251 e. The molecule has 1 aliphatic heterocycles. The number of amides is 1. The third-order valence-corrected chi connectivity index (χ3v) is 5.41. The number of aromatic nitrogens is 1. The third-order valence-electron chi connectivity index (χ3n) is 4.64. The van der Waals surface area contributed by atoms with Gasteiger partial charge < -0.3 is 5.32 Å². The van der Waals surface area contributed by atoms with Crippen LogP contribution in [0.25, 0.3) is 11.3 Å². The minimum Gasteiger partial charge on any atom is -0.350 e. The molecule has 0 aliphatic carbocycles. The molecule has 2 aromatic rings. The Kier molecular flexibility index (Phi) is 5.86. The second-order valence-corrected chi connectivity index (χ2v) is 8.29. The van der Waals surface area contributed by atoms with Gasteiger partial charge in [-0.05, 0) is 44.4 Å². The number of aryl methyl sites for hydroxylation is 1. The molecule has 2 heterocycles. The summed E-state index contributed by atoms with van der Waals surface area (Å²) in [6.07, 6.45) is 2.40. The minimum absolute atomic E-state index is 0.00481. The van der Waals surface area contributed by atoms with Crippen LogP contribution < -0.4 is 5.32 Å². The molecule has 1 aromatic carbocycles. The molecule has 3 rings (SSSR count). The Hall–Kier alpha value is -1.72. The van der Waals surface area contributed by atoms with Crippen LogP contribution in [0.5, 0.6) is 0 Å². The number of likely N-dealkylation sites (tertiary alicyclic amines) is 1. The molecule has 0 saturated carbocycles. The van der Waals surface area contributed by atoms with Gasteiger partial charge in [-0.25, -0.2) is 4.98 Å². The fraction of sp³-hybridized carbons (Fsp3) is 0.500. The maximum atomic E-state index is 12.6. The summed E-state index contributed by atoms with van der Waals surface area (Å²) in [5, 5.41) is 6.20. The van der Waals surface area contributed by atoms with Gasteiger partial charge in [-0.3, -0.25) is 9.69 Å². The molecule has 1 N–H and O–H groups in total. The third kappa shape index (κ3) is 4.67. The van der Waals surface area contributed by atoms with E-state index in [4.69, 9.17) is 0 Å². The zero-order valence-electron chi connectivity index (χ0n) is 15.3. The van der Waals surface area contributed by atoms with Gasteiger partial charge in [0.15, 0.2) is 0 Å². The van der Waals surface area contributed by atoms with Crippen molar-refractivity contribution in [3.8, 4) is 11.3 Å². The molecule has 1 aromatic heterocycles. The van der Waals surface area contributed by atoms with Gasteiger partial charge in [0.1, 0.15) is 0 Å². The van der Waals surface area contributed by atoms with Crippen molar-refractivity contribution < 1.29 is 4.79 Å². The molecule has 1 saturated heterocycles. The highest BCUT2D eigenvalue weighted by atomic mass is 32.1. The highest BCUT2D eigenvalue weighted by molar-refractivity contribution is 7.09. The van der Waals surface area contributed by atoms with Crippen molar-refractivity contribution >= 4 is 17.2 Å². The molecule has 25 heavy (non-hydrogen) atoms. The summed E-state index contributed by atoms with van der Waals surface area (Å²) in [6.45, 7) is 9.48. The van der Waals surface area contributed by atoms with E-state index in [0.717, 1.165) is 35.9 Å². The van der Waals surface area contributed by atoms with Gasteiger partial charge in [0, 0.05) is 35.6 Å². The first-order chi connectivity index (χ1) is 12.0. The SMILES string of the molecule is Cc1nc(-c2cccc(C(=O)NC[C@@H]3CCCN3CC(C)C)c2)cs1. The Morgan fingerprint density at radius 2 is 2.28 bits per heavy atom. The summed E-state index contributed by atoms with van der Waals surface area (Å²) in [4.78, 5) is 19.6. The second-order valence-electron chi connectivity index (χ2n) is 7.23. The van der Waals surface area contributed by atoms with E-state index in [1.807, 2.05) is 36.6 Å². The fourth-order valence-corrected chi connectivity index (χ4v) is 4.09. The van der Waals surface area contributed by atoms with Crippen LogP contribution in [0.4, 0.5) is 0 Å². The molecular formula is C20H27N3OS. The summed E-state index contributed by atoms with van der Waals surface area (Å²) < 4.78 is 0. The van der Waals surface area contributed by atoms with Gasteiger partial charge in [-0.2, -0.15) is 0 Å². The lowest BCUT2D eigenvalue weighted by Gasteiger charge is -2.26. The predicted molar refractivity (Wildman–Crippen MR) is 104 cm³/mol. The quantitative estimate of drug-likeness (QED) is 0.851. The molecule has 1 fully saturated rings. The Morgan fingerprint density at radius 3 is 3.00 bits per heavy atom. The van der Waals surface area contributed by atoms with E-state index in [9.17, 15) is 4.79 Å². The van der Waals surface area contributed by atoms with Crippen molar-refractivity contribution in [3.63, 3.8) is 0 Å². The van der Waals surface area contributed by atoms with Crippen LogP contribution in [0.15, 0.2) is 29.6 Å². The first-order valence-corrected chi connectivity index (χ1v) is 9.95. The number of benzene rings is 1. The molecule has 0 radical (unpaired) electrons. The fourth-order valence-electron chi connectivity index (χ4n) is 3.46. The lowest BCUT2D eigenvalue weighted by Crippen LogP contribution is -2.41. The molecule has 5 heteroatoms. The average Bonchev–Trinajstić information content (AvgIpc) is 3.21. The van der Waals surface area contributed by atoms with Crippen molar-refractivity contribution in [3.05, 3.63) is 40.2 Å². The lowest BCUT2D eigenvalue weighted by molar-refractivity contribution is 0.0939. The minimum atomic E-state index is 0.00481. The van der Waals surface area contributed by atoms with E-state index >= 15 is 0 Å². The van der Waals surface area contributed by atoms with Gasteiger partial charge in [0.2, 0.25) is 0 Å². The number of thiazole rings is 1. The summed E-state index contributed by atoms with van der Waals surface area (Å²) in [5.74, 6) is 0.666. The molecule has 1 atom stereocenters. The van der Waals surface area contributed by atoms with E-state index in [2.05, 4.69) is 29.0 Å². The van der Waals surface area contributed by atoms with Crippen LogP contribution in [0.2, 0.25) is 0 Å². The standard InChI is InChI=1S/C20H27N3OS/c1-14(2)12-23-9-5-8-18(23)11-21-20(24)17-7-4-6-16(10-17)19-13-25-15(3)22-19/h4,6-7,10,13-14,18H,5,8-9,11-12H2,1-3H3,(H,21,24)/t18-/m0/s1. The molecule has 0 bridgehead atoms. The van der Waals surface area contributed by atoms with E-state index in [-0.39, 0.29) is 5.91 Å². The van der Waals surface area contributed by atoms with Crippen LogP contribution in [-0.4, -0.2) is 41.5 Å². The maximum Gasteiger partial charge on any atom is 0.251 e. The highest BCUT2D eigenvalue weighted by Crippen LogP contribution is 2.22. The number of hydrogen-bond donors (Lipinski definition) is 1. The van der Waals surface area contributed by atoms with Gasteiger partial charge >= 0.3 is 0 Å². The molecule has 1 amide bonds. The number of carbonyl (C=O) groups excluding carboxylic acids is 1. The number of nitrogens with zero attached hydrogens (tertiary/aromatic N) is 2. The van der Waals surface area contributed by atoms with E-state index < -0.39 is 0 Å². The zero-order valence-corrected chi connectivity index (χ0v) is 16.1. The molecular weight excluding hydrogens is 330 g/mol. The van der Waals surface area contributed by atoms with Gasteiger partial charge in [0.05, 0.1) is 10.7 Å². The largest absolute Gasteiger partial charge is 0.350 e. The van der Waals surface area contributed by atoms with Crippen molar-refractivity contribution in [1.29, 1.82) is 0 Å². The summed E-state index contributed by atoms with van der Waals surface area (Å²) in [5.41, 5.74) is 2.65. The van der Waals surface area contributed by atoms with E-state index in [1.165, 1.54) is 12.8 Å². The first-order valence-electron chi connectivity index (χ1n) is 9.07. The average molecular weight is 358 g/mol. The van der Waals surface area contributed by atoms with E-state index in [1.54, 1.807) is 11.3 Å². The zero-order chi connectivity index (χ0) is 17.8. The highest BCUT2D eigenvalue weighted by Gasteiger charge is 2.25. The molecule has 0 unspecified atom stereocenters. The first kappa shape index (κ1) is 18.1. The van der Waals surface area contributed by atoms with Crippen molar-refractivity contribution in [2.24, 2.45) is 5.92 Å². The summed E-state index contributed by atoms with van der Waals surface area (Å²) in [6, 6.07) is 8.21. The Morgan fingerprint density at radius 1 is 1.44 bits per heavy atom. The number of carbonyl (C=O) groups is 1. The molecule has 1 aliphatic rings. The number of rotatable bonds is 6. The molecule has 0 spiro atoms. The van der Waals surface area contributed by atoms with Gasteiger partial charge in [0.25, 0.3) is 5.91 Å². The Balaban J connectivity index is 1.62. The number of nitrogens with one attached hydrogen (secondary N) is 1. The van der Waals surface area contributed by atoms with Crippen molar-refractivity contribution in [1.82, 2.24) is 15.2 Å². The second kappa shape index (κ2) is 8.11. The van der Waals surface area contributed by atoms with Gasteiger partial charge in [-0.1, -0.05) is 26.0 Å². The Labute approximate surface area is 154 Å². The van der Waals surface area contributed by atoms with Crippen LogP contribution in [0.1, 0.15) is 42.1 Å². The van der Waals surface area contributed by atoms with Crippen molar-refractivity contribution in [2.75, 3.05) is 19.6 Å². The lowest BCUT2D eigenvalue weighted by atomic mass is 10.1. The van der Waals surface area contributed by atoms with E-state index in [0.29, 0.717) is 17.5 Å². The summed E-state index contributed by atoms with van der Waals surface area (Å²) >= 11 is 1.63. The van der Waals surface area contributed by atoms with Gasteiger partial charge in [-0.15, -0.1) is 11.3 Å². The monoisotopic (exact) mass is 357 g/mol. The van der Waals surface area contributed by atoms with Crippen LogP contribution >= 0.6 is 11.3 Å². The molecule has 4 nitrogen and oxygen atoms in total. The topological polar surface area (TPSA) is 45.2 Å². The van der Waals surface area contributed by atoms with Crippen molar-refractivity contribution in [2.45, 2.75) is 39.7 Å². The maximum absolute atomic E-state index is 12.6. The predicted octanol–water partition coefficient (Wildman–Crippen LogP) is 3.97. The molecule has 134 valence electrons. The number of hydrogen-bond acceptors (Lipinski definition) is 4. The van der Waals surface area contributed by atoms with Crippen LogP contribution in [0.3, 0.4) is 0 Å². The van der Waals surface area contributed by atoms with Crippen LogP contribution in [-0.2, 0) is 0 Å². The van der Waals surface area contributed by atoms with Crippen LogP contribution in [0, 0.1) is 12.8 Å². The summed E-state index contributed by atoms with van der Waals surface area (Å²) in [7, 11) is 0. The normalized spacial score (nSPS) is 18.0.